The van der Waals surface area contributed by atoms with Crippen molar-refractivity contribution < 1.29 is 28.6 Å². The molecule has 2 amide bonds. The number of hydrogen-bond acceptors (Lipinski definition) is 4. The van der Waals surface area contributed by atoms with E-state index in [0.29, 0.717) is 36.2 Å². The van der Waals surface area contributed by atoms with Crippen molar-refractivity contribution in [2.24, 2.45) is 0 Å². The Hall–Kier alpha value is -3.42. The molecule has 8 heteroatoms. The number of benzene rings is 2. The van der Waals surface area contributed by atoms with Gasteiger partial charge in [0.1, 0.15) is 18.5 Å². The van der Waals surface area contributed by atoms with Crippen LogP contribution in [0.25, 0.3) is 0 Å². The molecule has 1 aliphatic rings. The number of aliphatic carboxylic acids is 1. The number of nitrogens with one attached hydrogen (secondary N) is 1. The van der Waals surface area contributed by atoms with Crippen LogP contribution >= 0.6 is 0 Å². The first kappa shape index (κ1) is 20.3. The summed E-state index contributed by atoms with van der Waals surface area (Å²) >= 11 is 0. The summed E-state index contributed by atoms with van der Waals surface area (Å²) in [4.78, 5) is 36.5. The lowest BCUT2D eigenvalue weighted by atomic mass is 10.1. The van der Waals surface area contributed by atoms with E-state index in [0.717, 1.165) is 0 Å². The van der Waals surface area contributed by atoms with Gasteiger partial charge in [0.15, 0.2) is 0 Å². The molecule has 2 N–H and O–H groups in total. The van der Waals surface area contributed by atoms with E-state index in [1.165, 1.54) is 17.0 Å². The smallest absolute Gasteiger partial charge is 0.410 e. The molecule has 0 spiro atoms. The van der Waals surface area contributed by atoms with Gasteiger partial charge in [0.2, 0.25) is 5.91 Å². The fourth-order valence-electron chi connectivity index (χ4n) is 3.15. The molecular weight excluding hydrogens is 379 g/mol. The minimum absolute atomic E-state index is 0.00543. The van der Waals surface area contributed by atoms with Crippen molar-refractivity contribution in [2.45, 2.75) is 31.9 Å². The number of rotatable bonds is 6. The number of nitrogens with zero attached hydrogens (tertiary/aromatic N) is 1. The summed E-state index contributed by atoms with van der Waals surface area (Å²) in [5.41, 5.74) is 1.99. The number of carboxylic acid groups (broad SMARTS) is 1. The van der Waals surface area contributed by atoms with Crippen LogP contribution in [0.4, 0.5) is 14.9 Å². The average molecular weight is 400 g/mol. The summed E-state index contributed by atoms with van der Waals surface area (Å²) < 4.78 is 18.1. The molecular formula is C21H21FN2O5. The first-order valence-corrected chi connectivity index (χ1v) is 9.22. The molecule has 1 atom stereocenters. The van der Waals surface area contributed by atoms with Gasteiger partial charge in [0, 0.05) is 12.2 Å². The first-order chi connectivity index (χ1) is 13.9. The normalized spacial score (nSPS) is 15.8. The Kier molecular flexibility index (Phi) is 6.43. The molecule has 1 heterocycles. The van der Waals surface area contributed by atoms with E-state index in [9.17, 15) is 18.8 Å². The number of halogens is 1. The molecule has 152 valence electrons. The highest BCUT2D eigenvalue weighted by molar-refractivity contribution is 5.92. The van der Waals surface area contributed by atoms with Crippen LogP contribution in [0.15, 0.2) is 48.5 Å². The largest absolute Gasteiger partial charge is 0.480 e. The van der Waals surface area contributed by atoms with Crippen LogP contribution in [-0.4, -0.2) is 40.6 Å². The van der Waals surface area contributed by atoms with Crippen molar-refractivity contribution in [3.63, 3.8) is 0 Å². The van der Waals surface area contributed by atoms with Crippen molar-refractivity contribution >= 4 is 23.7 Å². The molecule has 0 bridgehead atoms. The summed E-state index contributed by atoms with van der Waals surface area (Å²) in [5, 5.41) is 11.9. The second-order valence-corrected chi connectivity index (χ2v) is 6.79. The molecule has 0 saturated carbocycles. The molecule has 0 radical (unpaired) electrons. The van der Waals surface area contributed by atoms with Gasteiger partial charge < -0.3 is 15.2 Å². The van der Waals surface area contributed by atoms with E-state index in [2.05, 4.69) is 5.32 Å². The number of hydrogen-bond donors (Lipinski definition) is 2. The van der Waals surface area contributed by atoms with Crippen LogP contribution in [0.2, 0.25) is 0 Å². The van der Waals surface area contributed by atoms with Gasteiger partial charge >= 0.3 is 12.1 Å². The SMILES string of the molecule is O=C(Cc1ccc(F)cc1)Nc1ccc(COC(=O)N2CCCC2C(=O)O)cc1. The van der Waals surface area contributed by atoms with Crippen LogP contribution in [0.5, 0.6) is 0 Å². The number of carbonyl (C=O) groups is 3. The predicted octanol–water partition coefficient (Wildman–Crippen LogP) is 3.19. The van der Waals surface area contributed by atoms with E-state index in [1.807, 2.05) is 0 Å². The van der Waals surface area contributed by atoms with Crippen molar-refractivity contribution in [1.29, 1.82) is 0 Å². The Bertz CT molecular complexity index is 883. The number of amides is 2. The number of likely N-dealkylation sites (tertiary alicyclic amines) is 1. The predicted molar refractivity (Wildman–Crippen MR) is 103 cm³/mol. The van der Waals surface area contributed by atoms with Crippen molar-refractivity contribution in [2.75, 3.05) is 11.9 Å². The Morgan fingerprint density at radius 1 is 1.07 bits per heavy atom. The Morgan fingerprint density at radius 2 is 1.72 bits per heavy atom. The van der Waals surface area contributed by atoms with Crippen molar-refractivity contribution in [3.8, 4) is 0 Å². The second-order valence-electron chi connectivity index (χ2n) is 6.79. The second kappa shape index (κ2) is 9.18. The maximum Gasteiger partial charge on any atom is 0.410 e. The first-order valence-electron chi connectivity index (χ1n) is 9.22. The van der Waals surface area contributed by atoms with Gasteiger partial charge in [-0.05, 0) is 48.2 Å². The molecule has 0 aliphatic carbocycles. The van der Waals surface area contributed by atoms with Gasteiger partial charge in [0.25, 0.3) is 0 Å². The van der Waals surface area contributed by atoms with Gasteiger partial charge in [-0.2, -0.15) is 0 Å². The molecule has 1 unspecified atom stereocenters. The molecule has 1 aliphatic heterocycles. The Labute approximate surface area is 167 Å². The molecule has 7 nitrogen and oxygen atoms in total. The van der Waals surface area contributed by atoms with Crippen LogP contribution in [0.1, 0.15) is 24.0 Å². The lowest BCUT2D eigenvalue weighted by Crippen LogP contribution is -2.40. The molecule has 1 fully saturated rings. The maximum absolute atomic E-state index is 12.9. The minimum Gasteiger partial charge on any atom is -0.480 e. The molecule has 0 aromatic heterocycles. The third-order valence-electron chi connectivity index (χ3n) is 4.65. The zero-order chi connectivity index (χ0) is 20.8. The number of anilines is 1. The highest BCUT2D eigenvalue weighted by atomic mass is 19.1. The molecule has 3 rings (SSSR count). The molecule has 1 saturated heterocycles. The highest BCUT2D eigenvalue weighted by Crippen LogP contribution is 2.19. The lowest BCUT2D eigenvalue weighted by molar-refractivity contribution is -0.141. The van der Waals surface area contributed by atoms with Crippen molar-refractivity contribution in [3.05, 3.63) is 65.5 Å². The van der Waals surface area contributed by atoms with Crippen LogP contribution in [0.3, 0.4) is 0 Å². The summed E-state index contributed by atoms with van der Waals surface area (Å²) in [6.07, 6.45) is 0.543. The van der Waals surface area contributed by atoms with Crippen LogP contribution in [0, 0.1) is 5.82 Å². The Balaban J connectivity index is 1.48. The van der Waals surface area contributed by atoms with E-state index in [1.54, 1.807) is 36.4 Å². The number of carbonyl (C=O) groups excluding carboxylic acids is 2. The number of carboxylic acids is 1. The molecule has 2 aromatic rings. The summed E-state index contributed by atoms with van der Waals surface area (Å²) in [5.74, 6) is -1.61. The van der Waals surface area contributed by atoms with Gasteiger partial charge in [0.05, 0.1) is 6.42 Å². The van der Waals surface area contributed by atoms with Gasteiger partial charge in [-0.15, -0.1) is 0 Å². The number of ether oxygens (including phenoxy) is 1. The summed E-state index contributed by atoms with van der Waals surface area (Å²) in [6.45, 7) is 0.375. The third kappa shape index (κ3) is 5.54. The van der Waals surface area contributed by atoms with Gasteiger partial charge in [-0.1, -0.05) is 24.3 Å². The molecule has 2 aromatic carbocycles. The topological polar surface area (TPSA) is 95.9 Å². The third-order valence-corrected chi connectivity index (χ3v) is 4.65. The van der Waals surface area contributed by atoms with Crippen LogP contribution in [-0.2, 0) is 27.4 Å². The fourth-order valence-corrected chi connectivity index (χ4v) is 3.15. The maximum atomic E-state index is 12.9. The van der Waals surface area contributed by atoms with Gasteiger partial charge in [-0.3, -0.25) is 9.69 Å². The van der Waals surface area contributed by atoms with Gasteiger partial charge in [-0.25, -0.2) is 14.0 Å². The average Bonchev–Trinajstić information content (AvgIpc) is 3.19. The van der Waals surface area contributed by atoms with Crippen molar-refractivity contribution in [1.82, 2.24) is 4.90 Å². The molecule has 29 heavy (non-hydrogen) atoms. The Morgan fingerprint density at radius 3 is 2.38 bits per heavy atom. The fraction of sp³-hybridized carbons (Fsp3) is 0.286. The van der Waals surface area contributed by atoms with E-state index in [4.69, 9.17) is 9.84 Å². The highest BCUT2D eigenvalue weighted by Gasteiger charge is 2.34. The van der Waals surface area contributed by atoms with E-state index >= 15 is 0 Å². The van der Waals surface area contributed by atoms with E-state index < -0.39 is 18.1 Å². The summed E-state index contributed by atoms with van der Waals surface area (Å²) in [6, 6.07) is 11.7. The monoisotopic (exact) mass is 400 g/mol. The quantitative estimate of drug-likeness (QED) is 0.776. The zero-order valence-corrected chi connectivity index (χ0v) is 15.6. The zero-order valence-electron chi connectivity index (χ0n) is 15.6. The minimum atomic E-state index is -1.03. The van der Waals surface area contributed by atoms with Crippen LogP contribution < -0.4 is 5.32 Å². The standard InChI is InChI=1S/C21H21FN2O5/c22-16-7-3-14(4-8-16)12-19(25)23-17-9-5-15(6-10-17)13-29-21(28)24-11-1-2-18(24)20(26)27/h3-10,18H,1-2,11-13H2,(H,23,25)(H,26,27). The summed E-state index contributed by atoms with van der Waals surface area (Å²) in [7, 11) is 0. The lowest BCUT2D eigenvalue weighted by Gasteiger charge is -2.20. The van der Waals surface area contributed by atoms with E-state index in [-0.39, 0.29) is 24.8 Å².